The molecule has 2 saturated heterocycles. The van der Waals surface area contributed by atoms with Gasteiger partial charge >= 0.3 is 17.9 Å². The van der Waals surface area contributed by atoms with Crippen LogP contribution in [0.5, 0.6) is 5.75 Å². The molecule has 3 N–H and O–H groups in total. The molecule has 6 aliphatic rings. The van der Waals surface area contributed by atoms with E-state index in [4.69, 9.17) is 23.7 Å². The minimum Gasteiger partial charge on any atom is -0.496 e. The Morgan fingerprint density at radius 1 is 0.984 bits per heavy atom. The van der Waals surface area contributed by atoms with E-state index < -0.39 is 57.7 Å². The van der Waals surface area contributed by atoms with Gasteiger partial charge in [-0.05, 0) is 74.2 Å². The standard InChI is InChI=1S/C47H60N4O10/c1-8-43(55)23-29-24-46(42(54)59-7,38-31(15-19-50(25-29)27-43)30-13-10-11-14-34(30)48-38)33-21-32-35(22-36(33)58-6)49(4)40-45(32)17-20-51-18-12-16-44(9-2,39(45)51)41(60-37(53)26-57-5)47(40,56)61-28(3)52/h10-14,16,21-22,29,39-41,48,55-56H,8-9,15,17-20,23-27H2,1-7H3/t29?,39?,40?,41-,43+,44-,45?,46+,47-/m1/s1. The maximum absolute atomic E-state index is 15.4. The highest BCUT2D eigenvalue weighted by Gasteiger charge is 2.80. The van der Waals surface area contributed by atoms with Gasteiger partial charge in [0.1, 0.15) is 23.8 Å². The average Bonchev–Trinajstić information content (AvgIpc) is 3.90. The number of hydrogen-bond donors (Lipinski definition) is 3. The number of methoxy groups -OCH3 is 3. The third kappa shape index (κ3) is 5.81. The number of rotatable bonds is 9. The molecule has 1 aromatic heterocycles. The van der Waals surface area contributed by atoms with Gasteiger partial charge in [-0.2, -0.15) is 0 Å². The lowest BCUT2D eigenvalue weighted by atomic mass is 9.50. The van der Waals surface area contributed by atoms with Gasteiger partial charge in [0.2, 0.25) is 0 Å². The summed E-state index contributed by atoms with van der Waals surface area (Å²) >= 11 is 0. The third-order valence-electron chi connectivity index (χ3n) is 15.6. The van der Waals surface area contributed by atoms with Crippen LogP contribution >= 0.6 is 0 Å². The number of likely N-dealkylation sites (N-methyl/N-ethyl adjacent to an activating group) is 1. The molecule has 6 heterocycles. The van der Waals surface area contributed by atoms with Crippen molar-refractivity contribution in [3.05, 3.63) is 70.9 Å². The Kier molecular flexibility index (Phi) is 10.2. The number of carbonyl (C=O) groups excluding carboxylic acids is 3. The van der Waals surface area contributed by atoms with Gasteiger partial charge in [-0.3, -0.25) is 19.4 Å². The zero-order valence-electron chi connectivity index (χ0n) is 36.4. The number of nitrogens with zero attached hydrogens (tertiary/aromatic N) is 3. The monoisotopic (exact) mass is 840 g/mol. The summed E-state index contributed by atoms with van der Waals surface area (Å²) in [4.78, 5) is 52.5. The van der Waals surface area contributed by atoms with Crippen LogP contribution in [0.2, 0.25) is 0 Å². The first-order valence-corrected chi connectivity index (χ1v) is 21.8. The van der Waals surface area contributed by atoms with Crippen molar-refractivity contribution in [1.29, 1.82) is 0 Å². The van der Waals surface area contributed by atoms with Crippen LogP contribution < -0.4 is 9.64 Å². The quantitative estimate of drug-likeness (QED) is 0.123. The van der Waals surface area contributed by atoms with E-state index in [1.807, 2.05) is 56.1 Å². The number of H-pyrrole nitrogens is 1. The largest absolute Gasteiger partial charge is 0.496 e. The summed E-state index contributed by atoms with van der Waals surface area (Å²) in [6.45, 7) is 8.18. The number of esters is 3. The molecular weight excluding hydrogens is 781 g/mol. The van der Waals surface area contributed by atoms with E-state index in [1.54, 1.807) is 7.11 Å². The number of aromatic amines is 1. The Labute approximate surface area is 357 Å². The highest BCUT2D eigenvalue weighted by atomic mass is 16.7. The normalized spacial score (nSPS) is 36.1. The number of piperidine rings is 1. The molecule has 2 aromatic carbocycles. The zero-order chi connectivity index (χ0) is 43.3. The molecule has 9 rings (SSSR count). The molecule has 1 aliphatic carbocycles. The van der Waals surface area contributed by atoms with Crippen molar-refractivity contribution >= 4 is 34.5 Å². The predicted octanol–water partition coefficient (Wildman–Crippen LogP) is 3.97. The number of aromatic nitrogens is 1. The topological polar surface area (TPSA) is 163 Å². The van der Waals surface area contributed by atoms with Gasteiger partial charge in [0.15, 0.2) is 6.10 Å². The number of ether oxygens (including phenoxy) is 5. The summed E-state index contributed by atoms with van der Waals surface area (Å²) in [6.07, 6.45) is 5.86. The first-order chi connectivity index (χ1) is 29.2. The van der Waals surface area contributed by atoms with E-state index in [1.165, 1.54) is 21.1 Å². The van der Waals surface area contributed by atoms with Gasteiger partial charge in [-0.25, -0.2) is 4.79 Å². The van der Waals surface area contributed by atoms with Crippen molar-refractivity contribution in [2.24, 2.45) is 11.3 Å². The maximum Gasteiger partial charge on any atom is 0.332 e. The van der Waals surface area contributed by atoms with E-state index in [2.05, 4.69) is 33.0 Å². The van der Waals surface area contributed by atoms with Crippen LogP contribution in [-0.2, 0) is 50.6 Å². The second kappa shape index (κ2) is 14.8. The average molecular weight is 841 g/mol. The van der Waals surface area contributed by atoms with Gasteiger partial charge in [0.25, 0.3) is 5.79 Å². The summed E-state index contributed by atoms with van der Waals surface area (Å²) in [5.41, 5.74) is 0.609. The number of aliphatic hydroxyl groups is 2. The molecule has 14 heteroatoms. The first-order valence-electron chi connectivity index (χ1n) is 21.8. The van der Waals surface area contributed by atoms with Crippen molar-refractivity contribution in [2.75, 3.05) is 72.6 Å². The molecule has 328 valence electrons. The molecule has 0 amide bonds. The lowest BCUT2D eigenvalue weighted by molar-refractivity contribution is -0.309. The fraction of sp³-hybridized carbons (Fsp3) is 0.596. The number of carbonyl (C=O) groups is 3. The number of anilines is 1. The van der Waals surface area contributed by atoms with E-state index in [0.717, 1.165) is 33.4 Å². The minimum absolute atomic E-state index is 0.105. The zero-order valence-corrected chi connectivity index (χ0v) is 36.4. The molecule has 61 heavy (non-hydrogen) atoms. The lowest BCUT2D eigenvalue weighted by Crippen LogP contribution is -2.80. The van der Waals surface area contributed by atoms with Crippen LogP contribution in [0, 0.1) is 11.3 Å². The predicted molar refractivity (Wildman–Crippen MR) is 226 cm³/mol. The SMILES string of the molecule is CC[C@]1(O)CC2CN(CCc3c([nH]c4ccccc34)[C@@](C(=O)OC)(c3cc4c(cc3OC)N(C)C3C45CCN4CC=C[C@](CC)(C45)[C@@H](OC(=O)COC)[C@]3(O)OC(C)=O)C2)C1. The van der Waals surface area contributed by atoms with Crippen LogP contribution in [0.15, 0.2) is 48.6 Å². The van der Waals surface area contributed by atoms with E-state index in [9.17, 15) is 19.8 Å². The van der Waals surface area contributed by atoms with Crippen LogP contribution in [0.3, 0.4) is 0 Å². The van der Waals surface area contributed by atoms with Gasteiger partial charge in [0, 0.05) is 98.0 Å². The molecule has 3 aromatic rings. The molecule has 2 bridgehead atoms. The highest BCUT2D eigenvalue weighted by molar-refractivity contribution is 5.94. The summed E-state index contributed by atoms with van der Waals surface area (Å²) in [7, 11) is 6.30. The van der Waals surface area contributed by atoms with Crippen LogP contribution in [0.25, 0.3) is 10.9 Å². The van der Waals surface area contributed by atoms with Crippen molar-refractivity contribution in [3.63, 3.8) is 0 Å². The highest BCUT2D eigenvalue weighted by Crippen LogP contribution is 2.68. The smallest absolute Gasteiger partial charge is 0.332 e. The van der Waals surface area contributed by atoms with Crippen molar-refractivity contribution in [3.8, 4) is 5.75 Å². The molecule has 10 atom stereocenters. The third-order valence-corrected chi connectivity index (χ3v) is 15.6. The fourth-order valence-corrected chi connectivity index (χ4v) is 13.5. The number of nitrogens with one attached hydrogen (secondary N) is 1. The van der Waals surface area contributed by atoms with Crippen molar-refractivity contribution in [2.45, 2.75) is 99.7 Å². The molecule has 0 radical (unpaired) electrons. The molecule has 3 fully saturated rings. The Morgan fingerprint density at radius 2 is 1.77 bits per heavy atom. The van der Waals surface area contributed by atoms with Gasteiger partial charge < -0.3 is 43.8 Å². The van der Waals surface area contributed by atoms with Gasteiger partial charge in [0.05, 0.1) is 19.8 Å². The summed E-state index contributed by atoms with van der Waals surface area (Å²) in [5.74, 6) is -3.84. The van der Waals surface area contributed by atoms with E-state index in [-0.39, 0.29) is 18.6 Å². The Morgan fingerprint density at radius 3 is 2.48 bits per heavy atom. The van der Waals surface area contributed by atoms with Crippen molar-refractivity contribution in [1.82, 2.24) is 14.8 Å². The summed E-state index contributed by atoms with van der Waals surface area (Å²) < 4.78 is 29.9. The van der Waals surface area contributed by atoms with Gasteiger partial charge in [-0.15, -0.1) is 0 Å². The number of benzene rings is 2. The Bertz CT molecular complexity index is 2300. The Hall–Kier alpha value is -4.47. The molecule has 1 saturated carbocycles. The van der Waals surface area contributed by atoms with Crippen LogP contribution in [-0.4, -0.2) is 140 Å². The summed E-state index contributed by atoms with van der Waals surface area (Å²) in [6, 6.07) is 10.9. The fourth-order valence-electron chi connectivity index (χ4n) is 13.5. The first kappa shape index (κ1) is 41.9. The van der Waals surface area contributed by atoms with E-state index >= 15 is 4.79 Å². The molecule has 14 nitrogen and oxygen atoms in total. The second-order valence-corrected chi connectivity index (χ2v) is 18.5. The number of hydrogen-bond acceptors (Lipinski definition) is 13. The second-order valence-electron chi connectivity index (χ2n) is 18.5. The van der Waals surface area contributed by atoms with E-state index in [0.29, 0.717) is 82.6 Å². The molecule has 5 unspecified atom stereocenters. The van der Waals surface area contributed by atoms with Gasteiger partial charge in [-0.1, -0.05) is 44.2 Å². The van der Waals surface area contributed by atoms with Crippen molar-refractivity contribution < 1.29 is 48.3 Å². The van der Waals surface area contributed by atoms with Crippen LogP contribution in [0.4, 0.5) is 5.69 Å². The maximum atomic E-state index is 15.4. The molecule has 5 aliphatic heterocycles. The Balaban J connectivity index is 1.34. The lowest BCUT2D eigenvalue weighted by Gasteiger charge is -2.63. The molecular formula is C47H60N4O10. The molecule has 1 spiro atoms. The minimum atomic E-state index is -2.33. The number of fused-ring (bicyclic) bond motifs is 6. The summed E-state index contributed by atoms with van der Waals surface area (Å²) in [5, 5.41) is 26.4. The van der Waals surface area contributed by atoms with Crippen LogP contribution in [0.1, 0.15) is 75.3 Å². The number of para-hydroxylation sites is 1.